The molecule has 1 N–H and O–H groups in total. The third-order valence-corrected chi connectivity index (χ3v) is 5.65. The Kier molecular flexibility index (Phi) is 4.57. The Hall–Kier alpha value is 0.270. The van der Waals surface area contributed by atoms with E-state index in [-0.39, 0.29) is 0 Å². The van der Waals surface area contributed by atoms with E-state index in [2.05, 4.69) is 42.2 Å². The largest absolute Gasteiger partial charge is 0.317 e. The zero-order chi connectivity index (χ0) is 11.5. The molecule has 1 aliphatic heterocycles. The molecular formula is C13H26N2S. The molecule has 0 radical (unpaired) electrons. The highest BCUT2D eigenvalue weighted by molar-refractivity contribution is 7.99. The van der Waals surface area contributed by atoms with Crippen molar-refractivity contribution >= 4 is 11.8 Å². The molecular weight excluding hydrogens is 216 g/mol. The van der Waals surface area contributed by atoms with E-state index in [4.69, 9.17) is 0 Å². The van der Waals surface area contributed by atoms with Gasteiger partial charge in [0.1, 0.15) is 0 Å². The average Bonchev–Trinajstić information content (AvgIpc) is 2.77. The Balaban J connectivity index is 1.91. The molecule has 0 aromatic rings. The summed E-state index contributed by atoms with van der Waals surface area (Å²) < 4.78 is 0. The fourth-order valence-corrected chi connectivity index (χ4v) is 4.53. The monoisotopic (exact) mass is 242 g/mol. The van der Waals surface area contributed by atoms with Gasteiger partial charge in [-0.05, 0) is 45.0 Å². The van der Waals surface area contributed by atoms with Crippen molar-refractivity contribution in [3.63, 3.8) is 0 Å². The molecule has 0 aromatic heterocycles. The first-order valence-corrected chi connectivity index (χ1v) is 7.99. The van der Waals surface area contributed by atoms with Crippen LogP contribution in [0, 0.1) is 5.92 Å². The van der Waals surface area contributed by atoms with E-state index in [1.807, 2.05) is 0 Å². The predicted molar refractivity (Wildman–Crippen MR) is 73.1 cm³/mol. The number of piperidine rings is 1. The van der Waals surface area contributed by atoms with Crippen molar-refractivity contribution in [1.29, 1.82) is 0 Å². The van der Waals surface area contributed by atoms with Crippen molar-refractivity contribution < 1.29 is 0 Å². The minimum absolute atomic E-state index is 0.741. The van der Waals surface area contributed by atoms with E-state index >= 15 is 0 Å². The summed E-state index contributed by atoms with van der Waals surface area (Å²) in [5, 5.41) is 4.36. The lowest BCUT2D eigenvalue weighted by molar-refractivity contribution is 0.111. The lowest BCUT2D eigenvalue weighted by Gasteiger charge is -2.41. The topological polar surface area (TPSA) is 15.3 Å². The number of nitrogens with zero attached hydrogens (tertiary/aromatic N) is 1. The average molecular weight is 242 g/mol. The first-order valence-electron chi connectivity index (χ1n) is 6.70. The molecule has 2 fully saturated rings. The van der Waals surface area contributed by atoms with Crippen molar-refractivity contribution in [1.82, 2.24) is 10.2 Å². The van der Waals surface area contributed by atoms with E-state index in [0.717, 1.165) is 23.3 Å². The second-order valence-electron chi connectivity index (χ2n) is 5.43. The van der Waals surface area contributed by atoms with Crippen LogP contribution in [0.4, 0.5) is 0 Å². The molecule has 2 rings (SSSR count). The van der Waals surface area contributed by atoms with Crippen molar-refractivity contribution in [3.8, 4) is 0 Å². The number of hydrogen-bond donors (Lipinski definition) is 1. The molecule has 2 aliphatic rings. The number of thioether (sulfide) groups is 1. The Labute approximate surface area is 105 Å². The molecule has 4 unspecified atom stereocenters. The molecule has 94 valence electrons. The third kappa shape index (κ3) is 2.57. The maximum absolute atomic E-state index is 3.46. The highest BCUT2D eigenvalue weighted by Gasteiger charge is 2.35. The van der Waals surface area contributed by atoms with Gasteiger partial charge in [-0.25, -0.2) is 0 Å². The van der Waals surface area contributed by atoms with Crippen LogP contribution in [0.25, 0.3) is 0 Å². The van der Waals surface area contributed by atoms with Crippen molar-refractivity contribution in [2.24, 2.45) is 5.92 Å². The minimum atomic E-state index is 0.741. The zero-order valence-corrected chi connectivity index (χ0v) is 11.7. The van der Waals surface area contributed by atoms with Gasteiger partial charge in [0, 0.05) is 23.9 Å². The van der Waals surface area contributed by atoms with Crippen LogP contribution in [0.2, 0.25) is 0 Å². The molecule has 0 spiro atoms. The molecule has 4 atom stereocenters. The van der Waals surface area contributed by atoms with Gasteiger partial charge in [-0.1, -0.05) is 13.3 Å². The van der Waals surface area contributed by atoms with Crippen molar-refractivity contribution in [3.05, 3.63) is 0 Å². The zero-order valence-electron chi connectivity index (χ0n) is 10.9. The number of nitrogens with one attached hydrogen (secondary N) is 1. The predicted octanol–water partition coefficient (Wildman–Crippen LogP) is 2.20. The molecule has 1 saturated heterocycles. The third-order valence-electron chi connectivity index (χ3n) is 4.50. The van der Waals surface area contributed by atoms with E-state index in [0.29, 0.717) is 0 Å². The van der Waals surface area contributed by atoms with Gasteiger partial charge in [-0.15, -0.1) is 0 Å². The summed E-state index contributed by atoms with van der Waals surface area (Å²) in [6, 6.07) is 1.61. The lowest BCUT2D eigenvalue weighted by Crippen LogP contribution is -2.52. The fraction of sp³-hybridized carbons (Fsp3) is 1.00. The van der Waals surface area contributed by atoms with Gasteiger partial charge in [0.15, 0.2) is 0 Å². The van der Waals surface area contributed by atoms with Crippen LogP contribution in [0.15, 0.2) is 0 Å². The highest BCUT2D eigenvalue weighted by atomic mass is 32.2. The van der Waals surface area contributed by atoms with Crippen molar-refractivity contribution in [2.75, 3.05) is 26.4 Å². The van der Waals surface area contributed by atoms with Gasteiger partial charge in [0.05, 0.1) is 0 Å². The van der Waals surface area contributed by atoms with Crippen LogP contribution in [0.3, 0.4) is 0 Å². The second kappa shape index (κ2) is 5.74. The van der Waals surface area contributed by atoms with Crippen LogP contribution in [-0.2, 0) is 0 Å². The van der Waals surface area contributed by atoms with E-state index in [1.165, 1.54) is 38.8 Å². The Morgan fingerprint density at radius 1 is 1.25 bits per heavy atom. The van der Waals surface area contributed by atoms with Gasteiger partial charge in [0.2, 0.25) is 0 Å². The Bertz CT molecular complexity index is 222. The SMILES string of the molecule is CNC1CCN(C2CCCC2SC)CC1C. The molecule has 16 heavy (non-hydrogen) atoms. The van der Waals surface area contributed by atoms with Gasteiger partial charge in [-0.3, -0.25) is 4.90 Å². The minimum Gasteiger partial charge on any atom is -0.317 e. The van der Waals surface area contributed by atoms with Crippen LogP contribution in [0.1, 0.15) is 32.6 Å². The smallest absolute Gasteiger partial charge is 0.0214 e. The molecule has 2 nitrogen and oxygen atoms in total. The highest BCUT2D eigenvalue weighted by Crippen LogP contribution is 2.34. The van der Waals surface area contributed by atoms with Gasteiger partial charge in [0.25, 0.3) is 0 Å². The van der Waals surface area contributed by atoms with Gasteiger partial charge < -0.3 is 5.32 Å². The summed E-state index contributed by atoms with van der Waals surface area (Å²) in [6.45, 7) is 5.00. The second-order valence-corrected chi connectivity index (χ2v) is 6.51. The summed E-state index contributed by atoms with van der Waals surface area (Å²) in [6.07, 6.45) is 7.92. The quantitative estimate of drug-likeness (QED) is 0.817. The standard InChI is InChI=1S/C13H26N2S/c1-10-9-15(8-7-11(10)14-2)12-5-4-6-13(12)16-3/h10-14H,4-9H2,1-3H3. The number of rotatable bonds is 3. The van der Waals surface area contributed by atoms with Crippen LogP contribution in [0.5, 0.6) is 0 Å². The summed E-state index contributed by atoms with van der Waals surface area (Å²) in [5.41, 5.74) is 0. The Morgan fingerprint density at radius 3 is 2.69 bits per heavy atom. The van der Waals surface area contributed by atoms with Crippen molar-refractivity contribution in [2.45, 2.75) is 49.9 Å². The Morgan fingerprint density at radius 2 is 2.06 bits per heavy atom. The summed E-state index contributed by atoms with van der Waals surface area (Å²) in [4.78, 5) is 2.77. The summed E-state index contributed by atoms with van der Waals surface area (Å²) in [5.74, 6) is 0.807. The fourth-order valence-electron chi connectivity index (χ4n) is 3.51. The maximum Gasteiger partial charge on any atom is 0.0214 e. The molecule has 0 amide bonds. The molecule has 1 saturated carbocycles. The normalized spacial score (nSPS) is 41.4. The first-order chi connectivity index (χ1) is 7.76. The number of likely N-dealkylation sites (tertiary alicyclic amines) is 1. The summed E-state index contributed by atoms with van der Waals surface area (Å²) >= 11 is 2.08. The van der Waals surface area contributed by atoms with Crippen LogP contribution >= 0.6 is 11.8 Å². The van der Waals surface area contributed by atoms with E-state index < -0.39 is 0 Å². The van der Waals surface area contributed by atoms with Gasteiger partial charge >= 0.3 is 0 Å². The van der Waals surface area contributed by atoms with Crippen LogP contribution in [-0.4, -0.2) is 48.6 Å². The van der Waals surface area contributed by atoms with Crippen LogP contribution < -0.4 is 5.32 Å². The molecule has 0 aromatic carbocycles. The molecule has 0 bridgehead atoms. The lowest BCUT2D eigenvalue weighted by atomic mass is 9.92. The summed E-state index contributed by atoms with van der Waals surface area (Å²) in [7, 11) is 2.11. The molecule has 3 heteroatoms. The van der Waals surface area contributed by atoms with E-state index in [9.17, 15) is 0 Å². The molecule has 1 aliphatic carbocycles. The van der Waals surface area contributed by atoms with Gasteiger partial charge in [-0.2, -0.15) is 11.8 Å². The maximum atomic E-state index is 3.46. The number of hydrogen-bond acceptors (Lipinski definition) is 3. The first kappa shape index (κ1) is 12.7. The molecule has 1 heterocycles. The van der Waals surface area contributed by atoms with E-state index in [1.54, 1.807) is 0 Å².